The number of hydrogen-bond donors (Lipinski definition) is 0. The third-order valence-corrected chi connectivity index (χ3v) is 6.49. The van der Waals surface area contributed by atoms with Crippen LogP contribution in [0, 0.1) is 9.49 Å². The number of rotatable bonds is 1. The van der Waals surface area contributed by atoms with Crippen molar-refractivity contribution in [1.82, 2.24) is 0 Å². The van der Waals surface area contributed by atoms with Gasteiger partial charge in [0, 0.05) is 3.57 Å². The van der Waals surface area contributed by atoms with Gasteiger partial charge in [-0.15, -0.1) is 0 Å². The average Bonchev–Trinajstić information content (AvgIpc) is 2.66. The molecule has 0 aliphatic heterocycles. The van der Waals surface area contributed by atoms with Crippen LogP contribution >= 0.6 is 22.6 Å². The van der Waals surface area contributed by atoms with Gasteiger partial charge in [-0.3, -0.25) is 0 Å². The molecule has 1 heteroatoms. The second-order valence-corrected chi connectivity index (χ2v) is 8.94. The summed E-state index contributed by atoms with van der Waals surface area (Å²) in [4.78, 5) is 0. The summed E-state index contributed by atoms with van der Waals surface area (Å²) < 4.78 is 1.28. The Morgan fingerprint density at radius 3 is 2.35 bits per heavy atom. The van der Waals surface area contributed by atoms with Crippen molar-refractivity contribution < 1.29 is 0 Å². The van der Waals surface area contributed by atoms with Crippen LogP contribution in [-0.4, -0.2) is 0 Å². The second-order valence-electron chi connectivity index (χ2n) is 7.69. The van der Waals surface area contributed by atoms with Gasteiger partial charge in [0.15, 0.2) is 0 Å². The van der Waals surface area contributed by atoms with E-state index in [2.05, 4.69) is 96.2 Å². The van der Waals surface area contributed by atoms with Crippen LogP contribution in [0.15, 0.2) is 66.7 Å². The van der Waals surface area contributed by atoms with Gasteiger partial charge in [0.1, 0.15) is 0 Å². The third kappa shape index (κ3) is 2.83. The first kappa shape index (κ1) is 16.3. The number of benzene rings is 4. The summed E-state index contributed by atoms with van der Waals surface area (Å²) in [5.74, 6) is 0.819. The van der Waals surface area contributed by atoms with Gasteiger partial charge >= 0.3 is 0 Å². The van der Waals surface area contributed by atoms with Crippen molar-refractivity contribution in [2.75, 3.05) is 0 Å². The predicted molar refractivity (Wildman–Crippen MR) is 121 cm³/mol. The van der Waals surface area contributed by atoms with Gasteiger partial charge in [-0.2, -0.15) is 0 Å². The topological polar surface area (TPSA) is 0 Å². The Kier molecular flexibility index (Phi) is 4.00. The van der Waals surface area contributed by atoms with E-state index in [9.17, 15) is 0 Å². The molecule has 4 aromatic carbocycles. The molecule has 0 saturated carbocycles. The van der Waals surface area contributed by atoms with Crippen LogP contribution < -0.4 is 0 Å². The molecule has 0 radical (unpaired) electrons. The standard InChI is InChI=1S/C25H21I/c1-16-2-10-24-21(12-16)5-6-22-14-19(8-11-25(22)24)17-3-4-20-15-23(26)9-7-18(20)13-17/h3-9,11,13-16H,2,10,12H2,1H3/t16-/m0/s1. The summed E-state index contributed by atoms with van der Waals surface area (Å²) in [7, 11) is 0. The SMILES string of the molecule is C[C@H]1CCc2c(ccc3cc(-c4ccc5cc(I)ccc5c4)ccc23)C1. The summed E-state index contributed by atoms with van der Waals surface area (Å²) in [6.07, 6.45) is 3.77. The molecule has 0 fully saturated rings. The molecule has 0 saturated heterocycles. The van der Waals surface area contributed by atoms with Crippen LogP contribution in [-0.2, 0) is 12.8 Å². The molecule has 0 bridgehead atoms. The normalized spacial score (nSPS) is 16.8. The van der Waals surface area contributed by atoms with Gasteiger partial charge in [0.2, 0.25) is 0 Å². The molecule has 0 spiro atoms. The molecule has 0 N–H and O–H groups in total. The van der Waals surface area contributed by atoms with Gasteiger partial charge in [-0.25, -0.2) is 0 Å². The zero-order chi connectivity index (χ0) is 17.7. The maximum absolute atomic E-state index is 2.38. The van der Waals surface area contributed by atoms with Gasteiger partial charge in [-0.05, 0) is 116 Å². The van der Waals surface area contributed by atoms with E-state index >= 15 is 0 Å². The Balaban J connectivity index is 1.62. The molecule has 0 aromatic heterocycles. The first-order valence-electron chi connectivity index (χ1n) is 9.41. The van der Waals surface area contributed by atoms with Crippen molar-refractivity contribution in [3.63, 3.8) is 0 Å². The highest BCUT2D eigenvalue weighted by molar-refractivity contribution is 14.1. The summed E-state index contributed by atoms with van der Waals surface area (Å²) in [5.41, 5.74) is 5.75. The molecule has 0 unspecified atom stereocenters. The lowest BCUT2D eigenvalue weighted by atomic mass is 9.82. The fraction of sp³-hybridized carbons (Fsp3) is 0.200. The van der Waals surface area contributed by atoms with Gasteiger partial charge < -0.3 is 0 Å². The van der Waals surface area contributed by atoms with E-state index in [1.807, 2.05) is 0 Å². The van der Waals surface area contributed by atoms with E-state index in [0.29, 0.717) is 0 Å². The van der Waals surface area contributed by atoms with Crippen molar-refractivity contribution in [1.29, 1.82) is 0 Å². The van der Waals surface area contributed by atoms with Crippen LogP contribution in [0.25, 0.3) is 32.7 Å². The van der Waals surface area contributed by atoms with Gasteiger partial charge in [0.05, 0.1) is 0 Å². The monoisotopic (exact) mass is 448 g/mol. The Labute approximate surface area is 168 Å². The molecule has 5 rings (SSSR count). The Morgan fingerprint density at radius 1 is 0.769 bits per heavy atom. The number of halogens is 1. The zero-order valence-electron chi connectivity index (χ0n) is 14.9. The van der Waals surface area contributed by atoms with E-state index < -0.39 is 0 Å². The van der Waals surface area contributed by atoms with Crippen LogP contribution in [0.1, 0.15) is 24.5 Å². The molecule has 1 aliphatic carbocycles. The molecular weight excluding hydrogens is 427 g/mol. The molecule has 0 amide bonds. The molecular formula is C25H21I. The van der Waals surface area contributed by atoms with E-state index in [1.165, 1.54) is 55.5 Å². The fourth-order valence-corrected chi connectivity index (χ4v) is 4.89. The van der Waals surface area contributed by atoms with Gasteiger partial charge in [-0.1, -0.05) is 49.4 Å². The highest BCUT2D eigenvalue weighted by atomic mass is 127. The van der Waals surface area contributed by atoms with Crippen molar-refractivity contribution in [2.24, 2.45) is 5.92 Å². The molecule has 4 aromatic rings. The van der Waals surface area contributed by atoms with E-state index in [0.717, 1.165) is 5.92 Å². The summed E-state index contributed by atoms with van der Waals surface area (Å²) in [6, 6.07) is 25.1. The first-order chi connectivity index (χ1) is 12.7. The Hall–Kier alpha value is -1.87. The highest BCUT2D eigenvalue weighted by Crippen LogP contribution is 2.34. The summed E-state index contributed by atoms with van der Waals surface area (Å²) in [6.45, 7) is 2.37. The zero-order valence-corrected chi connectivity index (χ0v) is 17.1. The average molecular weight is 448 g/mol. The van der Waals surface area contributed by atoms with E-state index in [4.69, 9.17) is 0 Å². The molecule has 0 nitrogen and oxygen atoms in total. The van der Waals surface area contributed by atoms with Crippen molar-refractivity contribution in [2.45, 2.75) is 26.2 Å². The van der Waals surface area contributed by atoms with Crippen molar-refractivity contribution in [3.05, 3.63) is 81.4 Å². The molecule has 0 heterocycles. The minimum Gasteiger partial charge on any atom is -0.0622 e. The maximum atomic E-state index is 2.38. The number of fused-ring (bicyclic) bond motifs is 4. The van der Waals surface area contributed by atoms with Crippen molar-refractivity contribution in [3.8, 4) is 11.1 Å². The number of aryl methyl sites for hydroxylation is 1. The van der Waals surface area contributed by atoms with E-state index in [-0.39, 0.29) is 0 Å². The quantitative estimate of drug-likeness (QED) is 0.267. The van der Waals surface area contributed by atoms with Gasteiger partial charge in [0.25, 0.3) is 0 Å². The lowest BCUT2D eigenvalue weighted by Gasteiger charge is -2.23. The largest absolute Gasteiger partial charge is 0.0622 e. The third-order valence-electron chi connectivity index (χ3n) is 5.82. The smallest absolute Gasteiger partial charge is 0.0136 e. The van der Waals surface area contributed by atoms with Crippen LogP contribution in [0.3, 0.4) is 0 Å². The molecule has 26 heavy (non-hydrogen) atoms. The Morgan fingerprint density at radius 2 is 1.46 bits per heavy atom. The summed E-state index contributed by atoms with van der Waals surface area (Å²) in [5, 5.41) is 5.44. The minimum atomic E-state index is 0.819. The van der Waals surface area contributed by atoms with Crippen molar-refractivity contribution >= 4 is 44.1 Å². The first-order valence-corrected chi connectivity index (χ1v) is 10.5. The fourth-order valence-electron chi connectivity index (χ4n) is 4.37. The second kappa shape index (κ2) is 6.38. The minimum absolute atomic E-state index is 0.819. The van der Waals surface area contributed by atoms with Crippen LogP contribution in [0.5, 0.6) is 0 Å². The summed E-state index contributed by atoms with van der Waals surface area (Å²) >= 11 is 2.38. The van der Waals surface area contributed by atoms with Crippen LogP contribution in [0.4, 0.5) is 0 Å². The highest BCUT2D eigenvalue weighted by Gasteiger charge is 2.17. The lowest BCUT2D eigenvalue weighted by molar-refractivity contribution is 0.503. The molecule has 128 valence electrons. The predicted octanol–water partition coefficient (Wildman–Crippen LogP) is 7.39. The van der Waals surface area contributed by atoms with Crippen LogP contribution in [0.2, 0.25) is 0 Å². The Bertz CT molecular complexity index is 1140. The number of hydrogen-bond acceptors (Lipinski definition) is 0. The lowest BCUT2D eigenvalue weighted by Crippen LogP contribution is -2.11. The maximum Gasteiger partial charge on any atom is 0.0136 e. The van der Waals surface area contributed by atoms with E-state index in [1.54, 1.807) is 11.1 Å². The molecule has 1 atom stereocenters. The molecule has 1 aliphatic rings.